The Balaban J connectivity index is 1.73. The van der Waals surface area contributed by atoms with E-state index >= 15 is 0 Å². The van der Waals surface area contributed by atoms with E-state index in [2.05, 4.69) is 58.2 Å². The molecule has 4 heteroatoms. The van der Waals surface area contributed by atoms with E-state index in [-0.39, 0.29) is 11.8 Å². The first-order chi connectivity index (χ1) is 10.1. The Kier molecular flexibility index (Phi) is 6.24. The highest BCUT2D eigenvalue weighted by Crippen LogP contribution is 2.29. The molecule has 2 rings (SSSR count). The zero-order chi connectivity index (χ0) is 15.2. The molecule has 116 valence electrons. The maximum absolute atomic E-state index is 12.2. The maximum Gasteiger partial charge on any atom is 0.223 e. The van der Waals surface area contributed by atoms with Crippen LogP contribution in [-0.2, 0) is 17.6 Å². The highest BCUT2D eigenvalue weighted by atomic mass is 79.9. The number of nitrogens with one attached hydrogen (secondary N) is 1. The number of nitrogens with zero attached hydrogens (tertiary/aromatic N) is 1. The minimum Gasteiger partial charge on any atom is -0.356 e. The van der Waals surface area contributed by atoms with Gasteiger partial charge in [0.1, 0.15) is 0 Å². The minimum absolute atomic E-state index is 0.114. The van der Waals surface area contributed by atoms with Crippen LogP contribution in [0.4, 0.5) is 0 Å². The summed E-state index contributed by atoms with van der Waals surface area (Å²) in [6.45, 7) is 8.36. The van der Waals surface area contributed by atoms with Crippen LogP contribution in [-0.4, -0.2) is 37.0 Å². The van der Waals surface area contributed by atoms with Crippen LogP contribution in [0.1, 0.15) is 31.4 Å². The topological polar surface area (TPSA) is 32.3 Å². The smallest absolute Gasteiger partial charge is 0.223 e. The lowest BCUT2D eigenvalue weighted by Crippen LogP contribution is -2.34. The van der Waals surface area contributed by atoms with Gasteiger partial charge in [-0.1, -0.05) is 35.8 Å². The maximum atomic E-state index is 12.2. The molecule has 0 bridgehead atoms. The van der Waals surface area contributed by atoms with Crippen LogP contribution in [0, 0.1) is 5.92 Å². The molecule has 0 spiro atoms. The summed E-state index contributed by atoms with van der Waals surface area (Å²) in [7, 11) is 0. The van der Waals surface area contributed by atoms with Gasteiger partial charge in [-0.05, 0) is 62.2 Å². The molecular weight excluding hydrogens is 328 g/mol. The highest BCUT2D eigenvalue weighted by molar-refractivity contribution is 9.10. The Labute approximate surface area is 136 Å². The second-order valence-corrected chi connectivity index (χ2v) is 6.61. The van der Waals surface area contributed by atoms with E-state index in [1.54, 1.807) is 0 Å². The van der Waals surface area contributed by atoms with E-state index in [0.29, 0.717) is 0 Å². The van der Waals surface area contributed by atoms with Crippen LogP contribution >= 0.6 is 15.9 Å². The fourth-order valence-electron chi connectivity index (χ4n) is 2.97. The van der Waals surface area contributed by atoms with Crippen molar-refractivity contribution in [2.45, 2.75) is 33.1 Å². The van der Waals surface area contributed by atoms with Crippen LogP contribution in [0.5, 0.6) is 0 Å². The summed E-state index contributed by atoms with van der Waals surface area (Å²) in [6.07, 6.45) is 2.78. The molecule has 0 saturated carbocycles. The Morgan fingerprint density at radius 3 is 2.71 bits per heavy atom. The van der Waals surface area contributed by atoms with Crippen molar-refractivity contribution < 1.29 is 4.79 Å². The number of benzene rings is 1. The van der Waals surface area contributed by atoms with Crippen molar-refractivity contribution in [3.05, 3.63) is 33.8 Å². The van der Waals surface area contributed by atoms with Crippen molar-refractivity contribution in [1.29, 1.82) is 0 Å². The molecule has 1 atom stereocenters. The zero-order valence-corrected chi connectivity index (χ0v) is 14.6. The van der Waals surface area contributed by atoms with E-state index in [1.165, 1.54) is 11.1 Å². The molecule has 1 aromatic rings. The Bertz CT molecular complexity index is 486. The number of hydrogen-bond donors (Lipinski definition) is 1. The van der Waals surface area contributed by atoms with E-state index in [1.807, 2.05) is 0 Å². The predicted octanol–water partition coefficient (Wildman–Crippen LogP) is 3.01. The SMILES string of the molecule is CCN(CC)CCCNC(=O)C1Cc2ccc(Br)cc2C1. The van der Waals surface area contributed by atoms with Crippen molar-refractivity contribution >= 4 is 21.8 Å². The molecule has 0 aromatic heterocycles. The molecule has 1 amide bonds. The molecule has 1 aliphatic rings. The van der Waals surface area contributed by atoms with Crippen LogP contribution in [0.15, 0.2) is 22.7 Å². The van der Waals surface area contributed by atoms with Gasteiger partial charge in [0, 0.05) is 16.9 Å². The van der Waals surface area contributed by atoms with Crippen molar-refractivity contribution in [2.75, 3.05) is 26.2 Å². The Hall–Kier alpha value is -0.870. The third-order valence-corrected chi connectivity index (χ3v) is 4.81. The molecule has 1 aliphatic carbocycles. The summed E-state index contributed by atoms with van der Waals surface area (Å²) in [6, 6.07) is 6.33. The summed E-state index contributed by atoms with van der Waals surface area (Å²) in [5.74, 6) is 0.324. The summed E-state index contributed by atoms with van der Waals surface area (Å²) in [5.41, 5.74) is 2.63. The molecule has 0 aliphatic heterocycles. The number of carbonyl (C=O) groups is 1. The fourth-order valence-corrected chi connectivity index (χ4v) is 3.38. The number of halogens is 1. The number of carbonyl (C=O) groups excluding carboxylic acids is 1. The van der Waals surface area contributed by atoms with Gasteiger partial charge < -0.3 is 10.2 Å². The Morgan fingerprint density at radius 2 is 2.00 bits per heavy atom. The van der Waals surface area contributed by atoms with Crippen molar-refractivity contribution in [3.8, 4) is 0 Å². The number of rotatable bonds is 7. The summed E-state index contributed by atoms with van der Waals surface area (Å²) in [4.78, 5) is 14.6. The van der Waals surface area contributed by atoms with Crippen LogP contribution in [0.25, 0.3) is 0 Å². The first-order valence-corrected chi connectivity index (χ1v) is 8.70. The van der Waals surface area contributed by atoms with Crippen LogP contribution in [0.3, 0.4) is 0 Å². The normalized spacial score (nSPS) is 17.0. The fraction of sp³-hybridized carbons (Fsp3) is 0.588. The quantitative estimate of drug-likeness (QED) is 0.765. The standard InChI is InChI=1S/C17H25BrN2O/c1-3-20(4-2)9-5-8-19-17(21)15-10-13-6-7-16(18)12-14(13)11-15/h6-7,12,15H,3-5,8-11H2,1-2H3,(H,19,21). The second kappa shape index (κ2) is 7.95. The number of hydrogen-bond acceptors (Lipinski definition) is 2. The van der Waals surface area contributed by atoms with Gasteiger partial charge in [0.2, 0.25) is 5.91 Å². The van der Waals surface area contributed by atoms with Gasteiger partial charge in [0.15, 0.2) is 0 Å². The van der Waals surface area contributed by atoms with Gasteiger partial charge in [-0.15, -0.1) is 0 Å². The average Bonchev–Trinajstić information content (AvgIpc) is 2.90. The summed E-state index contributed by atoms with van der Waals surface area (Å²) in [5, 5.41) is 3.10. The summed E-state index contributed by atoms with van der Waals surface area (Å²) < 4.78 is 1.10. The van der Waals surface area contributed by atoms with Gasteiger partial charge in [-0.3, -0.25) is 4.79 Å². The molecule has 21 heavy (non-hydrogen) atoms. The molecular formula is C17H25BrN2O. The molecule has 1 N–H and O–H groups in total. The van der Waals surface area contributed by atoms with E-state index in [0.717, 1.165) is 49.9 Å². The van der Waals surface area contributed by atoms with Crippen LogP contribution < -0.4 is 5.32 Å². The minimum atomic E-state index is 0.114. The third kappa shape index (κ3) is 4.55. The lowest BCUT2D eigenvalue weighted by Gasteiger charge is -2.18. The molecule has 0 heterocycles. The monoisotopic (exact) mass is 352 g/mol. The van der Waals surface area contributed by atoms with Crippen molar-refractivity contribution in [2.24, 2.45) is 5.92 Å². The third-order valence-electron chi connectivity index (χ3n) is 4.32. The first kappa shape index (κ1) is 16.5. The predicted molar refractivity (Wildman–Crippen MR) is 90.5 cm³/mol. The largest absolute Gasteiger partial charge is 0.356 e. The lowest BCUT2D eigenvalue weighted by molar-refractivity contribution is -0.124. The number of fused-ring (bicyclic) bond motifs is 1. The van der Waals surface area contributed by atoms with Gasteiger partial charge in [-0.2, -0.15) is 0 Å². The van der Waals surface area contributed by atoms with Crippen molar-refractivity contribution in [3.63, 3.8) is 0 Å². The van der Waals surface area contributed by atoms with Gasteiger partial charge in [0.05, 0.1) is 0 Å². The Morgan fingerprint density at radius 1 is 1.29 bits per heavy atom. The molecule has 0 radical (unpaired) electrons. The molecule has 3 nitrogen and oxygen atoms in total. The van der Waals surface area contributed by atoms with Crippen LogP contribution in [0.2, 0.25) is 0 Å². The van der Waals surface area contributed by atoms with Crippen molar-refractivity contribution in [1.82, 2.24) is 10.2 Å². The average molecular weight is 353 g/mol. The highest BCUT2D eigenvalue weighted by Gasteiger charge is 2.27. The lowest BCUT2D eigenvalue weighted by atomic mass is 10.1. The molecule has 0 fully saturated rings. The van der Waals surface area contributed by atoms with E-state index in [4.69, 9.17) is 0 Å². The summed E-state index contributed by atoms with van der Waals surface area (Å²) >= 11 is 3.50. The first-order valence-electron chi connectivity index (χ1n) is 7.91. The molecule has 0 saturated heterocycles. The second-order valence-electron chi connectivity index (χ2n) is 5.69. The van der Waals surface area contributed by atoms with Gasteiger partial charge >= 0.3 is 0 Å². The van der Waals surface area contributed by atoms with Gasteiger partial charge in [-0.25, -0.2) is 0 Å². The molecule has 1 unspecified atom stereocenters. The molecule has 1 aromatic carbocycles. The van der Waals surface area contributed by atoms with E-state index < -0.39 is 0 Å². The number of amides is 1. The zero-order valence-electron chi connectivity index (χ0n) is 13.0. The van der Waals surface area contributed by atoms with Gasteiger partial charge in [0.25, 0.3) is 0 Å². The van der Waals surface area contributed by atoms with E-state index in [9.17, 15) is 4.79 Å².